The van der Waals surface area contributed by atoms with E-state index in [0.717, 1.165) is 18.0 Å². The molecule has 0 spiro atoms. The minimum Gasteiger partial charge on any atom is -0.493 e. The van der Waals surface area contributed by atoms with Crippen molar-refractivity contribution in [2.24, 2.45) is 0 Å². The SMILES string of the molecule is COc1cc(CNC2CCCC2)ccc1OC(C)C. The van der Waals surface area contributed by atoms with Crippen LogP contribution in [0.4, 0.5) is 0 Å². The third-order valence-corrected chi connectivity index (χ3v) is 3.54. The largest absolute Gasteiger partial charge is 0.493 e. The fraction of sp³-hybridized carbons (Fsp3) is 0.625. The number of nitrogens with one attached hydrogen (secondary N) is 1. The maximum atomic E-state index is 5.72. The van der Waals surface area contributed by atoms with Crippen LogP contribution in [0.1, 0.15) is 45.1 Å². The zero-order chi connectivity index (χ0) is 13.7. The number of hydrogen-bond donors (Lipinski definition) is 1. The highest BCUT2D eigenvalue weighted by Crippen LogP contribution is 2.29. The van der Waals surface area contributed by atoms with Crippen LogP contribution in [0.2, 0.25) is 0 Å². The predicted molar refractivity (Wildman–Crippen MR) is 77.9 cm³/mol. The molecule has 1 aromatic carbocycles. The Bertz CT molecular complexity index is 398. The number of rotatable bonds is 6. The van der Waals surface area contributed by atoms with Crippen molar-refractivity contribution in [3.63, 3.8) is 0 Å². The number of benzene rings is 1. The Morgan fingerprint density at radius 1 is 1.21 bits per heavy atom. The number of methoxy groups -OCH3 is 1. The van der Waals surface area contributed by atoms with Gasteiger partial charge < -0.3 is 14.8 Å². The van der Waals surface area contributed by atoms with Crippen LogP contribution in [0.25, 0.3) is 0 Å². The lowest BCUT2D eigenvalue weighted by molar-refractivity contribution is 0.230. The van der Waals surface area contributed by atoms with Crippen molar-refractivity contribution in [2.75, 3.05) is 7.11 Å². The molecular weight excluding hydrogens is 238 g/mol. The summed E-state index contributed by atoms with van der Waals surface area (Å²) in [6, 6.07) is 6.88. The van der Waals surface area contributed by atoms with Crippen LogP contribution in [-0.2, 0) is 6.54 Å². The number of hydrogen-bond acceptors (Lipinski definition) is 3. The van der Waals surface area contributed by atoms with Gasteiger partial charge in [0.1, 0.15) is 0 Å². The van der Waals surface area contributed by atoms with Crippen molar-refractivity contribution in [3.8, 4) is 11.5 Å². The number of ether oxygens (including phenoxy) is 2. The molecule has 1 aliphatic rings. The lowest BCUT2D eigenvalue weighted by atomic mass is 10.1. The monoisotopic (exact) mass is 263 g/mol. The quantitative estimate of drug-likeness (QED) is 0.852. The van der Waals surface area contributed by atoms with Gasteiger partial charge in [-0.25, -0.2) is 0 Å². The minimum atomic E-state index is 0.163. The molecule has 0 unspecified atom stereocenters. The summed E-state index contributed by atoms with van der Waals surface area (Å²) in [5, 5.41) is 3.61. The molecule has 3 nitrogen and oxygen atoms in total. The van der Waals surface area contributed by atoms with Crippen molar-refractivity contribution >= 4 is 0 Å². The van der Waals surface area contributed by atoms with E-state index in [-0.39, 0.29) is 6.10 Å². The van der Waals surface area contributed by atoms with E-state index < -0.39 is 0 Å². The second-order valence-corrected chi connectivity index (χ2v) is 5.51. The Morgan fingerprint density at radius 3 is 2.58 bits per heavy atom. The summed E-state index contributed by atoms with van der Waals surface area (Å²) in [5.41, 5.74) is 1.25. The maximum absolute atomic E-state index is 5.72. The molecule has 3 heteroatoms. The highest BCUT2D eigenvalue weighted by Gasteiger charge is 2.14. The lowest BCUT2D eigenvalue weighted by Crippen LogP contribution is -2.25. The average molecular weight is 263 g/mol. The van der Waals surface area contributed by atoms with E-state index in [4.69, 9.17) is 9.47 Å². The summed E-state index contributed by atoms with van der Waals surface area (Å²) in [4.78, 5) is 0. The fourth-order valence-electron chi connectivity index (χ4n) is 2.57. The third-order valence-electron chi connectivity index (χ3n) is 3.54. The van der Waals surface area contributed by atoms with Crippen molar-refractivity contribution in [1.82, 2.24) is 5.32 Å². The van der Waals surface area contributed by atoms with E-state index in [1.54, 1.807) is 7.11 Å². The molecule has 0 amide bonds. The molecular formula is C16H25NO2. The van der Waals surface area contributed by atoms with Crippen LogP contribution >= 0.6 is 0 Å². The second-order valence-electron chi connectivity index (χ2n) is 5.51. The molecule has 0 atom stereocenters. The molecule has 1 aromatic rings. The Kier molecular flexibility index (Phi) is 5.08. The first-order valence-electron chi connectivity index (χ1n) is 7.26. The molecule has 0 aliphatic heterocycles. The van der Waals surface area contributed by atoms with Gasteiger partial charge in [0.05, 0.1) is 13.2 Å². The summed E-state index contributed by atoms with van der Waals surface area (Å²) in [6.07, 6.45) is 5.51. The van der Waals surface area contributed by atoms with E-state index in [2.05, 4.69) is 17.4 Å². The van der Waals surface area contributed by atoms with Crippen LogP contribution in [0.15, 0.2) is 18.2 Å². The van der Waals surface area contributed by atoms with Gasteiger partial charge in [0.15, 0.2) is 11.5 Å². The second kappa shape index (κ2) is 6.80. The third kappa shape index (κ3) is 4.13. The highest BCUT2D eigenvalue weighted by atomic mass is 16.5. The predicted octanol–water partition coefficient (Wildman–Crippen LogP) is 3.51. The molecule has 1 N–H and O–H groups in total. The fourth-order valence-corrected chi connectivity index (χ4v) is 2.57. The van der Waals surface area contributed by atoms with Crippen molar-refractivity contribution in [1.29, 1.82) is 0 Å². The van der Waals surface area contributed by atoms with Gasteiger partial charge in [0.25, 0.3) is 0 Å². The Hall–Kier alpha value is -1.22. The van der Waals surface area contributed by atoms with Gasteiger partial charge in [-0.1, -0.05) is 18.9 Å². The van der Waals surface area contributed by atoms with Crippen molar-refractivity contribution in [3.05, 3.63) is 23.8 Å². The highest BCUT2D eigenvalue weighted by molar-refractivity contribution is 5.43. The molecule has 19 heavy (non-hydrogen) atoms. The standard InChI is InChI=1S/C16H25NO2/c1-12(2)19-15-9-8-13(10-16(15)18-3)11-17-14-6-4-5-7-14/h8-10,12,14,17H,4-7,11H2,1-3H3. The van der Waals surface area contributed by atoms with Crippen LogP contribution in [0.5, 0.6) is 11.5 Å². The molecule has 1 aliphatic carbocycles. The van der Waals surface area contributed by atoms with Crippen molar-refractivity contribution in [2.45, 2.75) is 58.2 Å². The normalized spacial score (nSPS) is 16.0. The minimum absolute atomic E-state index is 0.163. The summed E-state index contributed by atoms with van der Waals surface area (Å²) >= 11 is 0. The summed E-state index contributed by atoms with van der Waals surface area (Å²) in [7, 11) is 1.69. The van der Waals surface area contributed by atoms with Crippen LogP contribution < -0.4 is 14.8 Å². The first-order valence-corrected chi connectivity index (χ1v) is 7.26. The molecule has 0 radical (unpaired) electrons. The smallest absolute Gasteiger partial charge is 0.161 e. The van der Waals surface area contributed by atoms with Gasteiger partial charge in [-0.3, -0.25) is 0 Å². The summed E-state index contributed by atoms with van der Waals surface area (Å²) in [5.74, 6) is 1.64. The topological polar surface area (TPSA) is 30.5 Å². The average Bonchev–Trinajstić information content (AvgIpc) is 2.90. The van der Waals surface area contributed by atoms with E-state index in [9.17, 15) is 0 Å². The van der Waals surface area contributed by atoms with Gasteiger partial charge in [0.2, 0.25) is 0 Å². The van der Waals surface area contributed by atoms with Gasteiger partial charge in [-0.15, -0.1) is 0 Å². The molecule has 0 aromatic heterocycles. The molecule has 106 valence electrons. The van der Waals surface area contributed by atoms with Crippen molar-refractivity contribution < 1.29 is 9.47 Å². The van der Waals surface area contributed by atoms with E-state index in [1.807, 2.05) is 19.9 Å². The van der Waals surface area contributed by atoms with E-state index in [0.29, 0.717) is 6.04 Å². The van der Waals surface area contributed by atoms with E-state index in [1.165, 1.54) is 31.2 Å². The molecule has 1 fully saturated rings. The first kappa shape index (κ1) is 14.2. The van der Waals surface area contributed by atoms with Gasteiger partial charge in [0, 0.05) is 12.6 Å². The summed E-state index contributed by atoms with van der Waals surface area (Å²) < 4.78 is 11.1. The zero-order valence-corrected chi connectivity index (χ0v) is 12.2. The molecule has 2 rings (SSSR count). The molecule has 1 saturated carbocycles. The van der Waals surface area contributed by atoms with Gasteiger partial charge >= 0.3 is 0 Å². The molecule has 0 heterocycles. The molecule has 0 saturated heterocycles. The van der Waals surface area contributed by atoms with Crippen LogP contribution in [-0.4, -0.2) is 19.3 Å². The Balaban J connectivity index is 1.97. The summed E-state index contributed by atoms with van der Waals surface area (Å²) in [6.45, 7) is 4.95. The van der Waals surface area contributed by atoms with Gasteiger partial charge in [-0.2, -0.15) is 0 Å². The van der Waals surface area contributed by atoms with E-state index >= 15 is 0 Å². The van der Waals surface area contributed by atoms with Gasteiger partial charge in [-0.05, 0) is 44.4 Å². The molecule has 0 bridgehead atoms. The van der Waals surface area contributed by atoms with Crippen LogP contribution in [0.3, 0.4) is 0 Å². The Labute approximate surface area is 116 Å². The van der Waals surface area contributed by atoms with Crippen LogP contribution in [0, 0.1) is 0 Å². The first-order chi connectivity index (χ1) is 9.19. The maximum Gasteiger partial charge on any atom is 0.161 e. The lowest BCUT2D eigenvalue weighted by Gasteiger charge is -2.16. The Morgan fingerprint density at radius 2 is 1.95 bits per heavy atom. The zero-order valence-electron chi connectivity index (χ0n) is 12.2.